The molecular formula is C21H33N3O2. The Morgan fingerprint density at radius 2 is 2.00 bits per heavy atom. The summed E-state index contributed by atoms with van der Waals surface area (Å²) in [5.41, 5.74) is -0.495. The minimum atomic E-state index is -0.495. The van der Waals surface area contributed by atoms with Gasteiger partial charge in [-0.1, -0.05) is 20.8 Å². The van der Waals surface area contributed by atoms with E-state index in [1.807, 2.05) is 10.8 Å². The molecule has 0 spiro atoms. The number of aliphatic hydroxyl groups is 1. The van der Waals surface area contributed by atoms with E-state index in [1.54, 1.807) is 12.5 Å². The zero-order valence-corrected chi connectivity index (χ0v) is 16.4. The number of nitrogens with one attached hydrogen (secondary N) is 1. The van der Waals surface area contributed by atoms with Crippen LogP contribution in [0.5, 0.6) is 0 Å². The monoisotopic (exact) mass is 359 g/mol. The highest BCUT2D eigenvalue weighted by atomic mass is 16.3. The lowest BCUT2D eigenvalue weighted by molar-refractivity contribution is -0.169. The van der Waals surface area contributed by atoms with Crippen LogP contribution in [0, 0.1) is 22.7 Å². The maximum Gasteiger partial charge on any atom is 0.220 e. The number of nitrogens with zero attached hydrogens (tertiary/aromatic N) is 2. The number of imidazole rings is 1. The molecule has 4 aliphatic rings. The highest BCUT2D eigenvalue weighted by molar-refractivity contribution is 5.77. The third kappa shape index (κ3) is 3.55. The van der Waals surface area contributed by atoms with E-state index in [9.17, 15) is 9.90 Å². The smallest absolute Gasteiger partial charge is 0.220 e. The molecule has 5 heteroatoms. The first kappa shape index (κ1) is 18.0. The van der Waals surface area contributed by atoms with Gasteiger partial charge >= 0.3 is 0 Å². The van der Waals surface area contributed by atoms with E-state index in [0.29, 0.717) is 18.3 Å². The Labute approximate surface area is 156 Å². The minimum Gasteiger partial charge on any atom is -0.390 e. The van der Waals surface area contributed by atoms with Crippen molar-refractivity contribution in [3.63, 3.8) is 0 Å². The molecule has 4 bridgehead atoms. The molecule has 1 aromatic heterocycles. The summed E-state index contributed by atoms with van der Waals surface area (Å²) in [7, 11) is 0. The molecule has 2 N–H and O–H groups in total. The second-order valence-corrected chi connectivity index (χ2v) is 10.6. The first-order valence-electron chi connectivity index (χ1n) is 10.1. The fourth-order valence-corrected chi connectivity index (χ4v) is 6.34. The molecule has 1 amide bonds. The van der Waals surface area contributed by atoms with Crippen LogP contribution < -0.4 is 5.32 Å². The summed E-state index contributed by atoms with van der Waals surface area (Å²) in [5.74, 6) is 1.40. The molecule has 26 heavy (non-hydrogen) atoms. The Kier molecular flexibility index (Phi) is 4.22. The lowest BCUT2D eigenvalue weighted by atomic mass is 9.47. The molecule has 1 aromatic rings. The van der Waals surface area contributed by atoms with E-state index in [0.717, 1.165) is 38.6 Å². The van der Waals surface area contributed by atoms with Gasteiger partial charge in [0.05, 0.1) is 18.0 Å². The lowest BCUT2D eigenvalue weighted by Crippen LogP contribution is -2.57. The first-order valence-corrected chi connectivity index (χ1v) is 10.1. The highest BCUT2D eigenvalue weighted by Crippen LogP contribution is 2.62. The number of rotatable bonds is 5. The van der Waals surface area contributed by atoms with Crippen molar-refractivity contribution in [2.45, 2.75) is 83.9 Å². The summed E-state index contributed by atoms with van der Waals surface area (Å²) in [5, 5.41) is 14.2. The average molecular weight is 360 g/mol. The molecule has 0 saturated heterocycles. The molecular weight excluding hydrogens is 326 g/mol. The fourth-order valence-electron chi connectivity index (χ4n) is 6.34. The maximum absolute atomic E-state index is 13.0. The molecule has 0 aromatic carbocycles. The van der Waals surface area contributed by atoms with Crippen molar-refractivity contribution < 1.29 is 9.90 Å². The molecule has 0 unspecified atom stereocenters. The van der Waals surface area contributed by atoms with Crippen LogP contribution in [0.1, 0.15) is 65.7 Å². The molecule has 0 aliphatic heterocycles. The van der Waals surface area contributed by atoms with Crippen molar-refractivity contribution in [3.8, 4) is 0 Å². The molecule has 4 aliphatic carbocycles. The summed E-state index contributed by atoms with van der Waals surface area (Å²) in [6.45, 7) is 7.24. The number of amides is 1. The Morgan fingerprint density at radius 1 is 1.31 bits per heavy atom. The van der Waals surface area contributed by atoms with E-state index in [4.69, 9.17) is 0 Å². The van der Waals surface area contributed by atoms with Gasteiger partial charge in [0.15, 0.2) is 0 Å². The van der Waals surface area contributed by atoms with Crippen LogP contribution in [0.3, 0.4) is 0 Å². The van der Waals surface area contributed by atoms with Gasteiger partial charge in [-0.2, -0.15) is 0 Å². The average Bonchev–Trinajstić information content (AvgIpc) is 2.95. The molecule has 5 rings (SSSR count). The first-order chi connectivity index (χ1) is 12.1. The summed E-state index contributed by atoms with van der Waals surface area (Å²) in [6.07, 6.45) is 12.3. The van der Waals surface area contributed by atoms with Gasteiger partial charge in [-0.25, -0.2) is 4.98 Å². The number of hydrogen-bond donors (Lipinski definition) is 2. The standard InChI is InChI=1S/C21H33N3O2/c1-19(2,3)17(12-24-5-4-22-14-24)23-18(25)11-20-7-15-6-16(8-20)10-21(26,9-15)13-20/h4-5,14-17,26H,6-13H2,1-3H3,(H,23,25)/t15-,16-,17+,20?,21?/m1/s1. The van der Waals surface area contributed by atoms with Crippen molar-refractivity contribution in [1.82, 2.24) is 14.9 Å². The number of carbonyl (C=O) groups is 1. The molecule has 4 saturated carbocycles. The van der Waals surface area contributed by atoms with Crippen molar-refractivity contribution in [1.29, 1.82) is 0 Å². The topological polar surface area (TPSA) is 67.2 Å². The van der Waals surface area contributed by atoms with Crippen LogP contribution in [0.15, 0.2) is 18.7 Å². The van der Waals surface area contributed by atoms with Crippen molar-refractivity contribution in [2.75, 3.05) is 0 Å². The van der Waals surface area contributed by atoms with E-state index in [1.165, 1.54) is 6.42 Å². The normalized spacial score (nSPS) is 36.9. The van der Waals surface area contributed by atoms with Gasteiger partial charge in [0, 0.05) is 25.4 Å². The van der Waals surface area contributed by atoms with Gasteiger partial charge in [-0.05, 0) is 61.2 Å². The third-order valence-electron chi connectivity index (χ3n) is 7.02. The van der Waals surface area contributed by atoms with Crippen LogP contribution in [-0.2, 0) is 11.3 Å². The van der Waals surface area contributed by atoms with Crippen molar-refractivity contribution >= 4 is 5.91 Å². The van der Waals surface area contributed by atoms with Gasteiger partial charge < -0.3 is 15.0 Å². The molecule has 5 nitrogen and oxygen atoms in total. The zero-order chi connectivity index (χ0) is 18.6. The molecule has 144 valence electrons. The second-order valence-electron chi connectivity index (χ2n) is 10.6. The van der Waals surface area contributed by atoms with Crippen LogP contribution in [-0.4, -0.2) is 32.2 Å². The summed E-state index contributed by atoms with van der Waals surface area (Å²) in [6, 6.07) is 0.0567. The maximum atomic E-state index is 13.0. The second kappa shape index (κ2) is 6.08. The predicted molar refractivity (Wildman–Crippen MR) is 100 cm³/mol. The van der Waals surface area contributed by atoms with Crippen LogP contribution in [0.4, 0.5) is 0 Å². The highest BCUT2D eigenvalue weighted by Gasteiger charge is 2.57. The molecule has 0 radical (unpaired) electrons. The van der Waals surface area contributed by atoms with E-state index < -0.39 is 5.60 Å². The quantitative estimate of drug-likeness (QED) is 0.849. The molecule has 3 atom stereocenters. The predicted octanol–water partition coefficient (Wildman–Crippen LogP) is 3.14. The Bertz CT molecular complexity index is 647. The van der Waals surface area contributed by atoms with Gasteiger partial charge in [0.25, 0.3) is 0 Å². The largest absolute Gasteiger partial charge is 0.390 e. The Balaban J connectivity index is 1.44. The Hall–Kier alpha value is -1.36. The zero-order valence-electron chi connectivity index (χ0n) is 16.4. The number of carbonyl (C=O) groups excluding carboxylic acids is 1. The summed E-state index contributed by atoms with van der Waals surface area (Å²) < 4.78 is 2.03. The lowest BCUT2D eigenvalue weighted by Gasteiger charge is -2.60. The van der Waals surface area contributed by atoms with E-state index in [2.05, 4.69) is 31.1 Å². The van der Waals surface area contributed by atoms with Crippen molar-refractivity contribution in [3.05, 3.63) is 18.7 Å². The fraction of sp³-hybridized carbons (Fsp3) is 0.810. The van der Waals surface area contributed by atoms with Crippen LogP contribution >= 0.6 is 0 Å². The minimum absolute atomic E-state index is 0.0281. The summed E-state index contributed by atoms with van der Waals surface area (Å²) >= 11 is 0. The van der Waals surface area contributed by atoms with Gasteiger partial charge in [-0.15, -0.1) is 0 Å². The van der Waals surface area contributed by atoms with E-state index >= 15 is 0 Å². The SMILES string of the molecule is CC(C)(C)[C@H](Cn1ccnc1)NC(=O)CC12C[C@H]3C[C@@H](CC(O)(C3)C1)C2. The number of hydrogen-bond acceptors (Lipinski definition) is 3. The van der Waals surface area contributed by atoms with Crippen LogP contribution in [0.2, 0.25) is 0 Å². The molecule has 4 fully saturated rings. The van der Waals surface area contributed by atoms with Gasteiger partial charge in [0.2, 0.25) is 5.91 Å². The Morgan fingerprint density at radius 3 is 2.54 bits per heavy atom. The van der Waals surface area contributed by atoms with Crippen molar-refractivity contribution in [2.24, 2.45) is 22.7 Å². The molecule has 1 heterocycles. The third-order valence-corrected chi connectivity index (χ3v) is 7.02. The van der Waals surface area contributed by atoms with E-state index in [-0.39, 0.29) is 22.8 Å². The number of aromatic nitrogens is 2. The van der Waals surface area contributed by atoms with Crippen LogP contribution in [0.25, 0.3) is 0 Å². The van der Waals surface area contributed by atoms with Gasteiger partial charge in [0.1, 0.15) is 0 Å². The van der Waals surface area contributed by atoms with Gasteiger partial charge in [-0.3, -0.25) is 4.79 Å². The summed E-state index contributed by atoms with van der Waals surface area (Å²) in [4.78, 5) is 17.1.